The number of likely N-dealkylation sites (N-methyl/N-ethyl adjacent to an activating group) is 1. The molecule has 0 saturated carbocycles. The Morgan fingerprint density at radius 3 is 2.58 bits per heavy atom. The summed E-state index contributed by atoms with van der Waals surface area (Å²) in [6.45, 7) is 4.16. The van der Waals surface area contributed by atoms with Crippen LogP contribution in [0.25, 0.3) is 6.08 Å². The first kappa shape index (κ1) is 37.1. The van der Waals surface area contributed by atoms with E-state index in [0.29, 0.717) is 27.1 Å². The van der Waals surface area contributed by atoms with Crippen molar-refractivity contribution in [1.29, 1.82) is 0 Å². The number of nitrogens with zero attached hydrogens (tertiary/aromatic N) is 2. The fourth-order valence-electron chi connectivity index (χ4n) is 4.99. The van der Waals surface area contributed by atoms with E-state index in [4.69, 9.17) is 9.47 Å². The zero-order valence-corrected chi connectivity index (χ0v) is 29.3. The van der Waals surface area contributed by atoms with Crippen LogP contribution in [0.4, 0.5) is 4.79 Å². The van der Waals surface area contributed by atoms with E-state index in [1.54, 1.807) is 55.6 Å². The molecule has 2 aliphatic heterocycles. The minimum absolute atomic E-state index is 0.00653. The third-order valence-corrected chi connectivity index (χ3v) is 12.9. The Labute approximate surface area is 289 Å². The maximum atomic E-state index is 13.4. The number of esters is 1. The Hall–Kier alpha value is -3.76. The first-order valence-corrected chi connectivity index (χ1v) is 18.4. The quantitative estimate of drug-likeness (QED) is 0.197. The van der Waals surface area contributed by atoms with Crippen LogP contribution in [-0.2, 0) is 45.5 Å². The van der Waals surface area contributed by atoms with E-state index in [9.17, 15) is 33.6 Å². The molecule has 2 aliphatic rings. The molecule has 12 nitrogen and oxygen atoms in total. The normalized spacial score (nSPS) is 29.2. The van der Waals surface area contributed by atoms with Crippen LogP contribution in [0.5, 0.6) is 0 Å². The second-order valence-corrected chi connectivity index (χ2v) is 15.8. The lowest BCUT2D eigenvalue weighted by atomic mass is 9.81. The fraction of sp³-hybridized carbons (Fsp3) is 0.394. The zero-order chi connectivity index (χ0) is 35.1. The summed E-state index contributed by atoms with van der Waals surface area (Å²) < 4.78 is 22.5. The van der Waals surface area contributed by atoms with Gasteiger partial charge < -0.3 is 29.3 Å². The predicted molar refractivity (Wildman–Crippen MR) is 183 cm³/mol. The number of rotatable bonds is 5. The molecule has 15 heteroatoms. The second kappa shape index (κ2) is 16.1. The Kier molecular flexibility index (Phi) is 12.4. The molecule has 1 spiro atoms. The number of amides is 2. The number of carbonyl (C=O) groups excluding carboxylic acids is 5. The van der Waals surface area contributed by atoms with E-state index in [1.807, 2.05) is 6.07 Å². The zero-order valence-electron chi connectivity index (χ0n) is 26.9. The van der Waals surface area contributed by atoms with Gasteiger partial charge in [-0.05, 0) is 51.0 Å². The summed E-state index contributed by atoms with van der Waals surface area (Å²) in [5, 5.41) is 15.8. The Morgan fingerprint density at radius 1 is 1.19 bits per heavy atom. The Balaban J connectivity index is 1.57. The van der Waals surface area contributed by atoms with Crippen LogP contribution in [0.15, 0.2) is 65.6 Å². The number of aliphatic hydroxyl groups is 1. The van der Waals surface area contributed by atoms with Gasteiger partial charge in [-0.3, -0.25) is 19.2 Å². The molecular weight excluding hydrogens is 679 g/mol. The molecular formula is C33H37N3O9S3. The average molecular weight is 716 g/mol. The molecule has 0 radical (unpaired) electrons. The highest BCUT2D eigenvalue weighted by Gasteiger charge is 2.69. The molecule has 1 fully saturated rings. The molecule has 2 N–H and O–H groups in total. The second-order valence-electron chi connectivity index (χ2n) is 11.7. The van der Waals surface area contributed by atoms with Crippen molar-refractivity contribution in [1.82, 2.24) is 15.2 Å². The van der Waals surface area contributed by atoms with Crippen molar-refractivity contribution in [3.63, 3.8) is 0 Å². The number of allylic oxidation sites excluding steroid dienone is 3. The molecule has 2 bridgehead atoms. The SMILES string of the molecule is C/C1=C\C(OC(=O)CN(C)C(=O)OCc2ccccc2)C(=O)/C=C/C=C\c2csc(n2)C(C)NC(=O)C[C@@]2(CC1)[S+]([O-])SC(=O)[C@]2(C)O. The van der Waals surface area contributed by atoms with Crippen molar-refractivity contribution in [3.05, 3.63) is 81.9 Å². The van der Waals surface area contributed by atoms with E-state index >= 15 is 0 Å². The van der Waals surface area contributed by atoms with Crippen molar-refractivity contribution in [2.24, 2.45) is 0 Å². The first-order chi connectivity index (χ1) is 22.7. The number of hydrogen-bond donors (Lipinski definition) is 2. The number of benzene rings is 1. The van der Waals surface area contributed by atoms with E-state index in [0.717, 1.165) is 10.5 Å². The minimum atomic E-state index is -2.09. The van der Waals surface area contributed by atoms with Crippen LogP contribution in [0.2, 0.25) is 0 Å². The van der Waals surface area contributed by atoms with Crippen LogP contribution in [0, 0.1) is 0 Å². The van der Waals surface area contributed by atoms with Crippen molar-refractivity contribution in [3.8, 4) is 0 Å². The lowest BCUT2D eigenvalue weighted by molar-refractivity contribution is -0.151. The van der Waals surface area contributed by atoms with Gasteiger partial charge in [-0.15, -0.1) is 11.3 Å². The van der Waals surface area contributed by atoms with Crippen molar-refractivity contribution < 1.29 is 43.1 Å². The molecule has 2 amide bonds. The molecule has 3 unspecified atom stereocenters. The highest BCUT2D eigenvalue weighted by molar-refractivity contribution is 8.79. The number of ketones is 1. The van der Waals surface area contributed by atoms with E-state index < -0.39 is 74.5 Å². The number of thiazole rings is 1. The molecule has 1 aromatic heterocycles. The maximum absolute atomic E-state index is 13.4. The summed E-state index contributed by atoms with van der Waals surface area (Å²) >= 11 is 1.31. The van der Waals surface area contributed by atoms with E-state index in [-0.39, 0.29) is 19.4 Å². The smallest absolute Gasteiger partial charge is 0.410 e. The van der Waals surface area contributed by atoms with Crippen LogP contribution >= 0.6 is 22.1 Å². The number of aromatic nitrogens is 1. The molecule has 5 atom stereocenters. The predicted octanol–water partition coefficient (Wildman–Crippen LogP) is 4.20. The monoisotopic (exact) mass is 715 g/mol. The van der Waals surface area contributed by atoms with Gasteiger partial charge in [-0.25, -0.2) is 9.78 Å². The number of nitrogens with one attached hydrogen (secondary N) is 1. The van der Waals surface area contributed by atoms with Crippen LogP contribution in [0.1, 0.15) is 62.3 Å². The van der Waals surface area contributed by atoms with E-state index in [1.165, 1.54) is 43.5 Å². The number of ether oxygens (including phenoxy) is 2. The molecule has 2 aromatic rings. The molecule has 4 rings (SSSR count). The van der Waals surface area contributed by atoms with Gasteiger partial charge in [0.25, 0.3) is 5.12 Å². The molecule has 0 aliphatic carbocycles. The Bertz CT molecular complexity index is 1620. The van der Waals surface area contributed by atoms with Crippen LogP contribution in [-0.4, -0.2) is 78.5 Å². The van der Waals surface area contributed by atoms with Gasteiger partial charge in [-0.2, -0.15) is 0 Å². The maximum Gasteiger partial charge on any atom is 0.410 e. The summed E-state index contributed by atoms with van der Waals surface area (Å²) in [4.78, 5) is 70.2. The highest BCUT2D eigenvalue weighted by Crippen LogP contribution is 2.53. The molecule has 48 heavy (non-hydrogen) atoms. The Morgan fingerprint density at radius 2 is 1.90 bits per heavy atom. The number of hydrogen-bond acceptors (Lipinski definition) is 12. The van der Waals surface area contributed by atoms with Crippen LogP contribution < -0.4 is 5.32 Å². The third kappa shape index (κ3) is 9.02. The largest absolute Gasteiger partial charge is 0.604 e. The highest BCUT2D eigenvalue weighted by atomic mass is 33.1. The molecule has 256 valence electrons. The van der Waals surface area contributed by atoms with Gasteiger partial charge in [0.2, 0.25) is 5.91 Å². The minimum Gasteiger partial charge on any atom is -0.604 e. The van der Waals surface area contributed by atoms with Gasteiger partial charge in [0, 0.05) is 29.1 Å². The van der Waals surface area contributed by atoms with Crippen molar-refractivity contribution >= 4 is 67.3 Å². The summed E-state index contributed by atoms with van der Waals surface area (Å²) in [6, 6.07) is 8.52. The van der Waals surface area contributed by atoms with E-state index in [2.05, 4.69) is 10.3 Å². The van der Waals surface area contributed by atoms with Crippen molar-refractivity contribution in [2.45, 2.75) is 69.1 Å². The van der Waals surface area contributed by atoms with Crippen molar-refractivity contribution in [2.75, 3.05) is 13.6 Å². The topological polar surface area (TPSA) is 175 Å². The van der Waals surface area contributed by atoms with Gasteiger partial charge in [0.1, 0.15) is 18.2 Å². The third-order valence-electron chi connectivity index (χ3n) is 7.91. The molecule has 1 aromatic carbocycles. The summed E-state index contributed by atoms with van der Waals surface area (Å²) in [5.74, 6) is -1.97. The van der Waals surface area contributed by atoms with Crippen LogP contribution in [0.3, 0.4) is 0 Å². The van der Waals surface area contributed by atoms with Gasteiger partial charge in [-0.1, -0.05) is 48.1 Å². The standard InChI is InChI=1S/C33H37N3O9S3/c1-21-14-15-33(32(3,42)30(40)47-48(33)43)17-27(38)34-22(2)29-35-24(20-46-29)12-8-9-13-25(37)26(16-21)45-28(39)18-36(4)31(41)44-19-23-10-6-5-7-11-23/h5-13,16,20,22,26,42H,14-15,17-19H2,1-4H3,(H,34,38)/b12-8-,13-9+,21-16+/t22?,26?,32-,33+,48?/m0/s1. The number of carbonyl (C=O) groups is 5. The van der Waals surface area contributed by atoms with Gasteiger partial charge in [0.05, 0.1) is 18.2 Å². The fourth-order valence-corrected chi connectivity index (χ4v) is 9.73. The summed E-state index contributed by atoms with van der Waals surface area (Å²) in [5.41, 5.74) is -0.230. The summed E-state index contributed by atoms with van der Waals surface area (Å²) in [7, 11) is -0.118. The average Bonchev–Trinajstić information content (AvgIpc) is 3.57. The van der Waals surface area contributed by atoms with Gasteiger partial charge >= 0.3 is 12.1 Å². The lowest BCUT2D eigenvalue weighted by Crippen LogP contribution is -2.56. The lowest BCUT2D eigenvalue weighted by Gasteiger charge is -2.35. The first-order valence-electron chi connectivity index (χ1n) is 15.0. The molecule has 1 saturated heterocycles. The summed E-state index contributed by atoms with van der Waals surface area (Å²) in [6.07, 6.45) is 4.87. The van der Waals surface area contributed by atoms with Gasteiger partial charge in [0.15, 0.2) is 33.0 Å². The number of fused-ring (bicyclic) bond motifs is 2. The molecule has 3 heterocycles.